The molecule has 0 N–H and O–H groups in total. The van der Waals surface area contributed by atoms with E-state index in [4.69, 9.17) is 9.72 Å². The Labute approximate surface area is 207 Å². The van der Waals surface area contributed by atoms with E-state index in [1.807, 2.05) is 29.2 Å². The molecule has 0 spiro atoms. The topological polar surface area (TPSA) is 47.4 Å². The second-order valence-corrected chi connectivity index (χ2v) is 9.62. The third-order valence-electron chi connectivity index (χ3n) is 7.08. The minimum absolute atomic E-state index is 0.0532. The molecule has 1 aliphatic heterocycles. The first-order valence-electron chi connectivity index (χ1n) is 12.5. The minimum atomic E-state index is 0.0532. The van der Waals surface area contributed by atoms with Crippen molar-refractivity contribution in [2.45, 2.75) is 52.1 Å². The Morgan fingerprint density at radius 1 is 1.03 bits per heavy atom. The van der Waals surface area contributed by atoms with Gasteiger partial charge in [0.05, 0.1) is 23.7 Å². The largest absolute Gasteiger partial charge is 0.493 e. The van der Waals surface area contributed by atoms with Crippen LogP contribution in [0.5, 0.6) is 5.75 Å². The Morgan fingerprint density at radius 3 is 2.63 bits per heavy atom. The molecule has 4 aromatic rings. The Hall–Kier alpha value is -3.60. The van der Waals surface area contributed by atoms with Gasteiger partial charge in [0, 0.05) is 25.4 Å². The molecule has 5 rings (SSSR count). The molecule has 3 aromatic carbocycles. The highest BCUT2D eigenvalue weighted by atomic mass is 16.5. The summed E-state index contributed by atoms with van der Waals surface area (Å²) < 4.78 is 8.41. The van der Waals surface area contributed by atoms with Crippen LogP contribution in [-0.2, 0) is 11.3 Å². The van der Waals surface area contributed by atoms with E-state index in [1.54, 1.807) is 0 Å². The predicted octanol–water partition coefficient (Wildman–Crippen LogP) is 6.20. The number of carbonyl (C=O) groups is 1. The standard InChI is InChI=1S/C30H33N3O2/c1-21-14-15-22(2)28(18-21)35-17-9-16-32-27-13-8-7-12-26(27)31-30(32)25-19-29(34)33(20-25)23(3)24-10-5-4-6-11-24/h4-8,10-15,18,23,25H,9,16-17,19-20H2,1-3H3. The summed E-state index contributed by atoms with van der Waals surface area (Å²) >= 11 is 0. The molecule has 0 aliphatic carbocycles. The van der Waals surface area contributed by atoms with Crippen molar-refractivity contribution in [3.05, 3.63) is 95.3 Å². The van der Waals surface area contributed by atoms with Crippen molar-refractivity contribution in [2.24, 2.45) is 0 Å². The van der Waals surface area contributed by atoms with Crippen LogP contribution in [0.15, 0.2) is 72.8 Å². The quantitative estimate of drug-likeness (QED) is 0.290. The van der Waals surface area contributed by atoms with Gasteiger partial charge in [-0.3, -0.25) is 4.79 Å². The van der Waals surface area contributed by atoms with E-state index < -0.39 is 0 Å². The number of hydrogen-bond donors (Lipinski definition) is 0. The van der Waals surface area contributed by atoms with Crippen molar-refractivity contribution in [1.82, 2.24) is 14.5 Å². The number of aryl methyl sites for hydroxylation is 3. The first kappa shape index (κ1) is 23.2. The molecular weight excluding hydrogens is 434 g/mol. The second-order valence-electron chi connectivity index (χ2n) is 9.62. The number of amides is 1. The van der Waals surface area contributed by atoms with Gasteiger partial charge in [0.15, 0.2) is 0 Å². The lowest BCUT2D eigenvalue weighted by atomic mass is 10.1. The third-order valence-corrected chi connectivity index (χ3v) is 7.08. The summed E-state index contributed by atoms with van der Waals surface area (Å²) in [5, 5.41) is 0. The molecule has 5 nitrogen and oxygen atoms in total. The van der Waals surface area contributed by atoms with Crippen molar-refractivity contribution in [3.63, 3.8) is 0 Å². The number of para-hydroxylation sites is 2. The van der Waals surface area contributed by atoms with E-state index in [0.717, 1.165) is 41.1 Å². The van der Waals surface area contributed by atoms with E-state index in [1.165, 1.54) is 11.1 Å². The van der Waals surface area contributed by atoms with Gasteiger partial charge in [-0.2, -0.15) is 0 Å². The monoisotopic (exact) mass is 467 g/mol. The number of benzene rings is 3. The molecule has 1 aromatic heterocycles. The van der Waals surface area contributed by atoms with Gasteiger partial charge in [-0.05, 0) is 62.1 Å². The van der Waals surface area contributed by atoms with Crippen LogP contribution in [0.3, 0.4) is 0 Å². The lowest BCUT2D eigenvalue weighted by Crippen LogP contribution is -2.28. The highest BCUT2D eigenvalue weighted by Crippen LogP contribution is 2.35. The number of imidazole rings is 1. The number of carbonyl (C=O) groups excluding carboxylic acids is 1. The molecule has 2 atom stereocenters. The fraction of sp³-hybridized carbons (Fsp3) is 0.333. The normalized spacial score (nSPS) is 16.7. The molecule has 180 valence electrons. The fourth-order valence-electron chi connectivity index (χ4n) is 5.10. The predicted molar refractivity (Wildman–Crippen MR) is 140 cm³/mol. The van der Waals surface area contributed by atoms with Crippen LogP contribution >= 0.6 is 0 Å². The summed E-state index contributed by atoms with van der Waals surface area (Å²) in [4.78, 5) is 20.1. The number of likely N-dealkylation sites (tertiary alicyclic amines) is 1. The molecule has 0 saturated carbocycles. The maximum absolute atomic E-state index is 13.0. The molecule has 1 saturated heterocycles. The summed E-state index contributed by atoms with van der Waals surface area (Å²) in [5.74, 6) is 2.24. The summed E-state index contributed by atoms with van der Waals surface area (Å²) in [6.07, 6.45) is 1.37. The zero-order valence-electron chi connectivity index (χ0n) is 20.8. The van der Waals surface area contributed by atoms with Crippen LogP contribution in [0, 0.1) is 13.8 Å². The molecular formula is C30H33N3O2. The van der Waals surface area contributed by atoms with Crippen LogP contribution in [0.1, 0.15) is 54.2 Å². The van der Waals surface area contributed by atoms with Crippen LogP contribution in [0.25, 0.3) is 11.0 Å². The maximum Gasteiger partial charge on any atom is 0.223 e. The highest BCUT2D eigenvalue weighted by Gasteiger charge is 2.36. The zero-order valence-corrected chi connectivity index (χ0v) is 20.8. The van der Waals surface area contributed by atoms with Gasteiger partial charge in [-0.15, -0.1) is 0 Å². The van der Waals surface area contributed by atoms with Gasteiger partial charge in [-0.1, -0.05) is 54.6 Å². The first-order valence-corrected chi connectivity index (χ1v) is 12.5. The number of hydrogen-bond acceptors (Lipinski definition) is 3. The Morgan fingerprint density at radius 2 is 1.80 bits per heavy atom. The summed E-state index contributed by atoms with van der Waals surface area (Å²) in [5.41, 5.74) is 5.63. The van der Waals surface area contributed by atoms with Crippen molar-refractivity contribution in [3.8, 4) is 5.75 Å². The molecule has 0 radical (unpaired) electrons. The Balaban J connectivity index is 1.33. The SMILES string of the molecule is Cc1ccc(C)c(OCCCn2c(C3CC(=O)N(C(C)c4ccccc4)C3)nc3ccccc32)c1. The van der Waals surface area contributed by atoms with E-state index in [2.05, 4.69) is 73.9 Å². The lowest BCUT2D eigenvalue weighted by Gasteiger charge is -2.25. The van der Waals surface area contributed by atoms with Gasteiger partial charge in [0.1, 0.15) is 11.6 Å². The average molecular weight is 468 g/mol. The van der Waals surface area contributed by atoms with Gasteiger partial charge >= 0.3 is 0 Å². The third kappa shape index (κ3) is 4.81. The van der Waals surface area contributed by atoms with Crippen molar-refractivity contribution in [2.75, 3.05) is 13.2 Å². The summed E-state index contributed by atoms with van der Waals surface area (Å²) in [7, 11) is 0. The molecule has 2 heterocycles. The van der Waals surface area contributed by atoms with Gasteiger partial charge in [0.25, 0.3) is 0 Å². The second kappa shape index (κ2) is 9.95. The highest BCUT2D eigenvalue weighted by molar-refractivity contribution is 5.81. The fourth-order valence-corrected chi connectivity index (χ4v) is 5.10. The number of nitrogens with zero attached hydrogens (tertiary/aromatic N) is 3. The van der Waals surface area contributed by atoms with Crippen LogP contribution in [0.2, 0.25) is 0 Å². The van der Waals surface area contributed by atoms with E-state index in [9.17, 15) is 4.79 Å². The average Bonchev–Trinajstić information content (AvgIpc) is 3.44. The van der Waals surface area contributed by atoms with Crippen LogP contribution in [-0.4, -0.2) is 33.5 Å². The smallest absolute Gasteiger partial charge is 0.223 e. The van der Waals surface area contributed by atoms with Crippen LogP contribution < -0.4 is 4.74 Å². The van der Waals surface area contributed by atoms with Crippen molar-refractivity contribution < 1.29 is 9.53 Å². The molecule has 2 unspecified atom stereocenters. The number of fused-ring (bicyclic) bond motifs is 1. The van der Waals surface area contributed by atoms with Gasteiger partial charge < -0.3 is 14.2 Å². The number of rotatable bonds is 8. The number of aromatic nitrogens is 2. The summed E-state index contributed by atoms with van der Waals surface area (Å²) in [6.45, 7) is 8.41. The van der Waals surface area contributed by atoms with E-state index in [-0.39, 0.29) is 17.9 Å². The zero-order chi connectivity index (χ0) is 24.4. The molecule has 5 heteroatoms. The van der Waals surface area contributed by atoms with Gasteiger partial charge in [-0.25, -0.2) is 4.98 Å². The lowest BCUT2D eigenvalue weighted by molar-refractivity contribution is -0.129. The Kier molecular flexibility index (Phi) is 6.58. The van der Waals surface area contributed by atoms with E-state index in [0.29, 0.717) is 19.6 Å². The maximum atomic E-state index is 13.0. The van der Waals surface area contributed by atoms with E-state index >= 15 is 0 Å². The molecule has 1 fully saturated rings. The van der Waals surface area contributed by atoms with Crippen LogP contribution in [0.4, 0.5) is 0 Å². The Bertz CT molecular complexity index is 1330. The van der Waals surface area contributed by atoms with Gasteiger partial charge in [0.2, 0.25) is 5.91 Å². The molecule has 1 aliphatic rings. The van der Waals surface area contributed by atoms with Crippen molar-refractivity contribution in [1.29, 1.82) is 0 Å². The van der Waals surface area contributed by atoms with Crippen molar-refractivity contribution >= 4 is 16.9 Å². The molecule has 35 heavy (non-hydrogen) atoms. The first-order chi connectivity index (χ1) is 17.0. The minimum Gasteiger partial charge on any atom is -0.493 e. The summed E-state index contributed by atoms with van der Waals surface area (Å²) in [6, 6.07) is 24.9. The molecule has 0 bridgehead atoms. The molecule has 1 amide bonds. The number of ether oxygens (including phenoxy) is 1.